The minimum Gasteiger partial charge on any atom is -0.364 e. The summed E-state index contributed by atoms with van der Waals surface area (Å²) in [6, 6.07) is 9.98. The lowest BCUT2D eigenvalue weighted by Gasteiger charge is -2.18. The Labute approximate surface area is 111 Å². The predicted molar refractivity (Wildman–Crippen MR) is 73.6 cm³/mol. The monoisotopic (exact) mass is 253 g/mol. The molecule has 1 aliphatic rings. The number of primary amides is 1. The van der Waals surface area contributed by atoms with E-state index in [4.69, 9.17) is 5.73 Å². The van der Waals surface area contributed by atoms with Crippen molar-refractivity contribution in [3.63, 3.8) is 0 Å². The van der Waals surface area contributed by atoms with E-state index in [0.717, 1.165) is 30.6 Å². The fraction of sp³-hybridized carbons (Fsp3) is 0.200. The second-order valence-corrected chi connectivity index (χ2v) is 4.67. The highest BCUT2D eigenvalue weighted by Gasteiger charge is 2.14. The minimum atomic E-state index is -0.494. The van der Waals surface area contributed by atoms with Crippen molar-refractivity contribution in [3.8, 4) is 11.1 Å². The third-order valence-corrected chi connectivity index (χ3v) is 3.44. The second kappa shape index (κ2) is 4.82. The fourth-order valence-electron chi connectivity index (χ4n) is 2.48. The molecule has 96 valence electrons. The Balaban J connectivity index is 2.10. The van der Waals surface area contributed by atoms with Gasteiger partial charge in [-0.05, 0) is 41.8 Å². The zero-order chi connectivity index (χ0) is 13.2. The number of carbonyl (C=O) groups excluding carboxylic acids is 1. The van der Waals surface area contributed by atoms with Crippen LogP contribution in [0, 0.1) is 0 Å². The van der Waals surface area contributed by atoms with Crippen LogP contribution in [0.1, 0.15) is 21.6 Å². The number of pyridine rings is 1. The molecule has 2 aromatic rings. The van der Waals surface area contributed by atoms with Crippen LogP contribution in [0.4, 0.5) is 0 Å². The van der Waals surface area contributed by atoms with Crippen LogP contribution in [-0.2, 0) is 13.0 Å². The molecule has 1 amide bonds. The molecule has 0 saturated heterocycles. The smallest absolute Gasteiger partial charge is 0.267 e. The summed E-state index contributed by atoms with van der Waals surface area (Å²) in [6.07, 6.45) is 2.63. The van der Waals surface area contributed by atoms with Crippen LogP contribution in [0.3, 0.4) is 0 Å². The molecule has 1 aromatic heterocycles. The number of hydrogen-bond acceptors (Lipinski definition) is 3. The van der Waals surface area contributed by atoms with Gasteiger partial charge >= 0.3 is 0 Å². The predicted octanol–water partition coefficient (Wildman–Crippen LogP) is 1.49. The average Bonchev–Trinajstić information content (AvgIpc) is 2.46. The highest BCUT2D eigenvalue weighted by Crippen LogP contribution is 2.26. The molecule has 3 rings (SSSR count). The van der Waals surface area contributed by atoms with Crippen LogP contribution in [0.5, 0.6) is 0 Å². The van der Waals surface area contributed by atoms with Gasteiger partial charge in [0.2, 0.25) is 0 Å². The zero-order valence-corrected chi connectivity index (χ0v) is 10.5. The van der Waals surface area contributed by atoms with Gasteiger partial charge in [-0.15, -0.1) is 0 Å². The minimum absolute atomic E-state index is 0.325. The molecule has 1 aliphatic heterocycles. The van der Waals surface area contributed by atoms with E-state index in [2.05, 4.69) is 22.4 Å². The van der Waals surface area contributed by atoms with E-state index in [1.165, 1.54) is 11.1 Å². The van der Waals surface area contributed by atoms with Crippen molar-refractivity contribution >= 4 is 5.91 Å². The summed E-state index contributed by atoms with van der Waals surface area (Å²) in [4.78, 5) is 15.5. The first-order valence-corrected chi connectivity index (χ1v) is 6.33. The number of benzene rings is 1. The van der Waals surface area contributed by atoms with Crippen molar-refractivity contribution in [2.75, 3.05) is 6.54 Å². The SMILES string of the molecule is NC(=O)c1ncccc1-c1ccc2c(c1)CNCC2. The van der Waals surface area contributed by atoms with Gasteiger partial charge in [-0.3, -0.25) is 9.78 Å². The van der Waals surface area contributed by atoms with Gasteiger partial charge in [-0.25, -0.2) is 0 Å². The number of nitrogens with one attached hydrogen (secondary N) is 1. The molecule has 0 radical (unpaired) electrons. The number of hydrogen-bond donors (Lipinski definition) is 2. The Morgan fingerprint density at radius 1 is 1.26 bits per heavy atom. The quantitative estimate of drug-likeness (QED) is 0.852. The molecule has 0 saturated carbocycles. The van der Waals surface area contributed by atoms with Gasteiger partial charge in [0, 0.05) is 18.3 Å². The molecule has 0 spiro atoms. The Hall–Kier alpha value is -2.20. The van der Waals surface area contributed by atoms with E-state index in [0.29, 0.717) is 5.69 Å². The Morgan fingerprint density at radius 2 is 2.16 bits per heavy atom. The molecule has 3 N–H and O–H groups in total. The van der Waals surface area contributed by atoms with Crippen LogP contribution in [0.15, 0.2) is 36.5 Å². The van der Waals surface area contributed by atoms with Crippen LogP contribution < -0.4 is 11.1 Å². The first-order valence-electron chi connectivity index (χ1n) is 6.33. The number of rotatable bonds is 2. The summed E-state index contributed by atoms with van der Waals surface area (Å²) in [5.74, 6) is -0.494. The van der Waals surface area contributed by atoms with Gasteiger partial charge in [-0.1, -0.05) is 18.2 Å². The molecule has 0 aliphatic carbocycles. The fourth-order valence-corrected chi connectivity index (χ4v) is 2.48. The highest BCUT2D eigenvalue weighted by atomic mass is 16.1. The van der Waals surface area contributed by atoms with Gasteiger partial charge in [0.05, 0.1) is 0 Å². The summed E-state index contributed by atoms with van der Waals surface area (Å²) in [6.45, 7) is 1.89. The lowest BCUT2D eigenvalue weighted by atomic mass is 9.95. The molecule has 4 nitrogen and oxygen atoms in total. The third-order valence-electron chi connectivity index (χ3n) is 3.44. The van der Waals surface area contributed by atoms with Crippen molar-refractivity contribution in [1.29, 1.82) is 0 Å². The number of fused-ring (bicyclic) bond motifs is 1. The first kappa shape index (κ1) is 11.9. The van der Waals surface area contributed by atoms with Gasteiger partial charge in [-0.2, -0.15) is 0 Å². The largest absolute Gasteiger partial charge is 0.364 e. The molecule has 0 atom stereocenters. The van der Waals surface area contributed by atoms with Crippen molar-refractivity contribution in [3.05, 3.63) is 53.3 Å². The summed E-state index contributed by atoms with van der Waals surface area (Å²) >= 11 is 0. The number of aromatic nitrogens is 1. The van der Waals surface area contributed by atoms with Gasteiger partial charge < -0.3 is 11.1 Å². The van der Waals surface area contributed by atoms with E-state index in [1.54, 1.807) is 6.20 Å². The molecular formula is C15H15N3O. The van der Waals surface area contributed by atoms with E-state index in [1.807, 2.05) is 18.2 Å². The van der Waals surface area contributed by atoms with Gasteiger partial charge in [0.25, 0.3) is 5.91 Å². The molecule has 1 aromatic carbocycles. The van der Waals surface area contributed by atoms with Gasteiger partial charge in [0.15, 0.2) is 0 Å². The van der Waals surface area contributed by atoms with Crippen LogP contribution >= 0.6 is 0 Å². The lowest BCUT2D eigenvalue weighted by Crippen LogP contribution is -2.23. The molecule has 0 unspecified atom stereocenters. The third kappa shape index (κ3) is 2.22. The molecule has 19 heavy (non-hydrogen) atoms. The Morgan fingerprint density at radius 3 is 3.00 bits per heavy atom. The maximum Gasteiger partial charge on any atom is 0.267 e. The number of nitrogens with two attached hydrogens (primary N) is 1. The number of nitrogens with zero attached hydrogens (tertiary/aromatic N) is 1. The number of carbonyl (C=O) groups is 1. The maximum absolute atomic E-state index is 11.4. The van der Waals surface area contributed by atoms with Crippen molar-refractivity contribution in [2.24, 2.45) is 5.73 Å². The Bertz CT molecular complexity index is 637. The summed E-state index contributed by atoms with van der Waals surface area (Å²) in [5, 5.41) is 3.35. The first-order chi connectivity index (χ1) is 9.25. The van der Waals surface area contributed by atoms with E-state index < -0.39 is 5.91 Å². The van der Waals surface area contributed by atoms with E-state index in [9.17, 15) is 4.79 Å². The van der Waals surface area contributed by atoms with E-state index in [-0.39, 0.29) is 0 Å². The molecular weight excluding hydrogens is 238 g/mol. The maximum atomic E-state index is 11.4. The summed E-state index contributed by atoms with van der Waals surface area (Å²) < 4.78 is 0. The Kier molecular flexibility index (Phi) is 3.01. The average molecular weight is 253 g/mol. The van der Waals surface area contributed by atoms with Crippen molar-refractivity contribution < 1.29 is 4.79 Å². The van der Waals surface area contributed by atoms with Gasteiger partial charge in [0.1, 0.15) is 5.69 Å². The lowest BCUT2D eigenvalue weighted by molar-refractivity contribution is 0.0996. The van der Waals surface area contributed by atoms with Crippen LogP contribution in [-0.4, -0.2) is 17.4 Å². The summed E-state index contributed by atoms with van der Waals surface area (Å²) in [7, 11) is 0. The molecule has 2 heterocycles. The van der Waals surface area contributed by atoms with Crippen LogP contribution in [0.25, 0.3) is 11.1 Å². The molecule has 4 heteroatoms. The second-order valence-electron chi connectivity index (χ2n) is 4.67. The standard InChI is InChI=1S/C15H15N3O/c16-15(19)14-13(2-1-6-18-14)11-4-3-10-5-7-17-9-12(10)8-11/h1-4,6,8,17H,5,7,9H2,(H2,16,19). The topological polar surface area (TPSA) is 68.0 Å². The molecule has 0 fully saturated rings. The number of amides is 1. The highest BCUT2D eigenvalue weighted by molar-refractivity contribution is 5.97. The van der Waals surface area contributed by atoms with Crippen molar-refractivity contribution in [1.82, 2.24) is 10.3 Å². The van der Waals surface area contributed by atoms with Crippen LogP contribution in [0.2, 0.25) is 0 Å². The van der Waals surface area contributed by atoms with Crippen molar-refractivity contribution in [2.45, 2.75) is 13.0 Å². The normalized spacial score (nSPS) is 13.9. The zero-order valence-electron chi connectivity index (χ0n) is 10.5. The summed E-state index contributed by atoms with van der Waals surface area (Å²) in [5.41, 5.74) is 10.1. The van der Waals surface area contributed by atoms with E-state index >= 15 is 0 Å². The molecule has 0 bridgehead atoms.